The van der Waals surface area contributed by atoms with E-state index >= 15 is 0 Å². The van der Waals surface area contributed by atoms with Crippen molar-refractivity contribution >= 4 is 21.7 Å². The Hall–Kier alpha value is -3.45. The van der Waals surface area contributed by atoms with Crippen molar-refractivity contribution in [2.75, 3.05) is 32.7 Å². The van der Waals surface area contributed by atoms with Crippen molar-refractivity contribution in [1.29, 1.82) is 0 Å². The number of halogens is 3. The maximum Gasteiger partial charge on any atom is 0.534 e. The van der Waals surface area contributed by atoms with E-state index in [4.69, 9.17) is 0 Å². The van der Waals surface area contributed by atoms with E-state index < -0.39 is 15.6 Å². The molecule has 0 bridgehead atoms. The maximum absolute atomic E-state index is 12.8. The van der Waals surface area contributed by atoms with Crippen molar-refractivity contribution in [3.8, 4) is 16.9 Å². The van der Waals surface area contributed by atoms with Crippen LogP contribution in [0.3, 0.4) is 0 Å². The molecule has 43 heavy (non-hydrogen) atoms. The molecule has 1 amide bonds. The van der Waals surface area contributed by atoms with Crippen molar-refractivity contribution in [3.05, 3.63) is 88.6 Å². The van der Waals surface area contributed by atoms with E-state index in [9.17, 15) is 31.6 Å². The summed E-state index contributed by atoms with van der Waals surface area (Å²) in [6.07, 6.45) is 4.14. The molecule has 0 aromatic heterocycles. The van der Waals surface area contributed by atoms with E-state index in [0.29, 0.717) is 38.2 Å². The molecule has 3 aromatic carbocycles. The van der Waals surface area contributed by atoms with Gasteiger partial charge in [-0.25, -0.2) is 0 Å². The van der Waals surface area contributed by atoms with Gasteiger partial charge in [0.1, 0.15) is 11.4 Å². The first-order chi connectivity index (χ1) is 20.4. The first-order valence-electron chi connectivity index (χ1n) is 14.4. The van der Waals surface area contributed by atoms with E-state index in [-0.39, 0.29) is 16.3 Å². The van der Waals surface area contributed by atoms with Crippen LogP contribution in [-0.2, 0) is 23.1 Å². The molecule has 3 aromatic rings. The Morgan fingerprint density at radius 1 is 0.930 bits per heavy atom. The molecule has 0 saturated carbocycles. The van der Waals surface area contributed by atoms with Crippen molar-refractivity contribution in [1.82, 2.24) is 14.9 Å². The molecule has 230 valence electrons. The third-order valence-corrected chi connectivity index (χ3v) is 9.03. The van der Waals surface area contributed by atoms with Gasteiger partial charge in [-0.3, -0.25) is 9.69 Å². The minimum Gasteiger partial charge on any atom is -0.627 e. The highest BCUT2D eigenvalue weighted by Gasteiger charge is 2.48. The summed E-state index contributed by atoms with van der Waals surface area (Å²) in [6, 6.07) is 19.2. The van der Waals surface area contributed by atoms with Gasteiger partial charge in [0.15, 0.2) is 0 Å². The minimum absolute atomic E-state index is 0.165. The Balaban J connectivity index is 1.05. The van der Waals surface area contributed by atoms with Crippen LogP contribution < -0.4 is 14.1 Å². The van der Waals surface area contributed by atoms with Crippen LogP contribution in [0.1, 0.15) is 47.2 Å². The summed E-state index contributed by atoms with van der Waals surface area (Å²) < 4.78 is 64.6. The van der Waals surface area contributed by atoms with E-state index in [2.05, 4.69) is 14.4 Å². The third-order valence-electron chi connectivity index (χ3n) is 8.05. The topological polar surface area (TPSA) is 98.8 Å². The minimum atomic E-state index is -5.72. The molecule has 0 atom stereocenters. The highest BCUT2D eigenvalue weighted by atomic mass is 32.2. The van der Waals surface area contributed by atoms with Gasteiger partial charge in [0.2, 0.25) is 0 Å². The van der Waals surface area contributed by atoms with Crippen LogP contribution in [-0.4, -0.2) is 57.5 Å². The summed E-state index contributed by atoms with van der Waals surface area (Å²) in [5.41, 5.74) is -0.525. The third kappa shape index (κ3) is 7.38. The van der Waals surface area contributed by atoms with Crippen molar-refractivity contribution in [2.45, 2.75) is 44.2 Å². The molecule has 2 heterocycles. The van der Waals surface area contributed by atoms with E-state index in [1.54, 1.807) is 18.2 Å². The fourth-order valence-corrected chi connectivity index (χ4v) is 6.07. The van der Waals surface area contributed by atoms with Crippen LogP contribution in [0.15, 0.2) is 66.7 Å². The molecule has 0 spiro atoms. The fraction of sp³-hybridized carbons (Fsp3) is 0.387. The van der Waals surface area contributed by atoms with Crippen molar-refractivity contribution in [3.63, 3.8) is 0 Å². The summed E-state index contributed by atoms with van der Waals surface area (Å²) in [7, 11) is -5.72. The number of alkyl halides is 3. The predicted molar refractivity (Wildman–Crippen MR) is 159 cm³/mol. The smallest absolute Gasteiger partial charge is 0.534 e. The summed E-state index contributed by atoms with van der Waals surface area (Å²) in [6.45, 7) is 3.71. The molecule has 2 aliphatic heterocycles. The number of nitrogens with one attached hydrogen (secondary N) is 1. The number of hydroxylamine groups is 2. The molecule has 2 aliphatic rings. The van der Waals surface area contributed by atoms with Gasteiger partial charge in [-0.2, -0.15) is 21.6 Å². The zero-order valence-electron chi connectivity index (χ0n) is 23.6. The number of quaternary nitrogens is 1. The SMILES string of the molecule is O=C(NCCCCN1CCc2ccc(OS(=O)(=O)C(F)(F)F)cc2C1)c1ccc(-c2ccc([N+]3([O-])CCCC3)cc2)cc1. The lowest BCUT2D eigenvalue weighted by molar-refractivity contribution is -0.0500. The molecule has 8 nitrogen and oxygen atoms in total. The number of carbonyl (C=O) groups excluding carboxylic acids is 1. The van der Waals surface area contributed by atoms with Gasteiger partial charge >= 0.3 is 15.6 Å². The maximum atomic E-state index is 12.8. The lowest BCUT2D eigenvalue weighted by atomic mass is 9.99. The van der Waals surface area contributed by atoms with Gasteiger partial charge in [0, 0.05) is 50.2 Å². The van der Waals surface area contributed by atoms with Gasteiger partial charge in [-0.05, 0) is 84.5 Å². The first-order valence-corrected chi connectivity index (χ1v) is 15.8. The van der Waals surface area contributed by atoms with Crippen LogP contribution in [0.2, 0.25) is 0 Å². The average molecular weight is 618 g/mol. The van der Waals surface area contributed by atoms with Crippen LogP contribution >= 0.6 is 0 Å². The second-order valence-corrected chi connectivity index (χ2v) is 12.6. The average Bonchev–Trinajstić information content (AvgIpc) is 3.43. The van der Waals surface area contributed by atoms with E-state index in [0.717, 1.165) is 66.7 Å². The molecule has 1 saturated heterocycles. The molecular formula is C31H34F3N3O5S. The fourth-order valence-electron chi connectivity index (χ4n) is 5.62. The molecule has 0 aliphatic carbocycles. The highest BCUT2D eigenvalue weighted by Crippen LogP contribution is 2.31. The quantitative estimate of drug-likeness (QED) is 0.102. The van der Waals surface area contributed by atoms with Gasteiger partial charge < -0.3 is 19.4 Å². The normalized spacial score (nSPS) is 16.9. The second-order valence-electron chi connectivity index (χ2n) is 11.1. The largest absolute Gasteiger partial charge is 0.627 e. The zero-order chi connectivity index (χ0) is 30.7. The number of amides is 1. The molecule has 0 unspecified atom stereocenters. The molecular weight excluding hydrogens is 583 g/mol. The highest BCUT2D eigenvalue weighted by molar-refractivity contribution is 7.88. The lowest BCUT2D eigenvalue weighted by Gasteiger charge is -2.37. The van der Waals surface area contributed by atoms with Crippen LogP contribution in [0.25, 0.3) is 11.1 Å². The Morgan fingerprint density at radius 2 is 1.58 bits per heavy atom. The van der Waals surface area contributed by atoms with Crippen LogP contribution in [0.5, 0.6) is 5.75 Å². The Labute approximate surface area is 249 Å². The number of rotatable bonds is 10. The summed E-state index contributed by atoms with van der Waals surface area (Å²) in [5.74, 6) is -0.524. The molecule has 1 N–H and O–H groups in total. The number of hydrogen-bond donors (Lipinski definition) is 1. The Bertz CT molecular complexity index is 1540. The number of hydrogen-bond acceptors (Lipinski definition) is 6. The number of carbonyl (C=O) groups is 1. The Morgan fingerprint density at radius 3 is 2.23 bits per heavy atom. The van der Waals surface area contributed by atoms with Crippen LogP contribution in [0, 0.1) is 5.21 Å². The van der Waals surface area contributed by atoms with Gasteiger partial charge in [0.05, 0.1) is 13.1 Å². The van der Waals surface area contributed by atoms with Gasteiger partial charge in [-0.15, -0.1) is 0 Å². The predicted octanol–water partition coefficient (Wildman–Crippen LogP) is 5.75. The van der Waals surface area contributed by atoms with Crippen molar-refractivity contribution < 1.29 is 30.6 Å². The molecule has 5 rings (SSSR count). The second kappa shape index (κ2) is 12.7. The molecule has 12 heteroatoms. The zero-order valence-corrected chi connectivity index (χ0v) is 24.4. The number of fused-ring (bicyclic) bond motifs is 1. The number of benzene rings is 3. The standard InChI is InChI=1S/C31H34F3N3O5S/c32-31(33,34)43(40,41)42-29-14-11-25-15-18-36(22-27(25)21-29)17-2-1-16-35-30(38)26-7-5-23(6-8-26)24-9-12-28(13-10-24)37(39)19-3-4-20-37/h5-14,21H,1-4,15-20,22H2,(H,35,38). The summed E-state index contributed by atoms with van der Waals surface area (Å²) in [4.78, 5) is 14.8. The van der Waals surface area contributed by atoms with Crippen molar-refractivity contribution in [2.24, 2.45) is 0 Å². The van der Waals surface area contributed by atoms with Gasteiger partial charge in [-0.1, -0.05) is 18.2 Å². The number of unbranched alkanes of at least 4 members (excludes halogenated alkanes) is 1. The van der Waals surface area contributed by atoms with Gasteiger partial charge in [0.25, 0.3) is 5.91 Å². The number of nitrogens with zero attached hydrogens (tertiary/aromatic N) is 2. The summed E-state index contributed by atoms with van der Waals surface area (Å²) >= 11 is 0. The first kappa shape index (κ1) is 31.0. The molecule has 0 radical (unpaired) electrons. The van der Waals surface area contributed by atoms with Crippen LogP contribution in [0.4, 0.5) is 18.9 Å². The summed E-state index contributed by atoms with van der Waals surface area (Å²) in [5, 5.41) is 15.8. The van der Waals surface area contributed by atoms with E-state index in [1.807, 2.05) is 36.4 Å². The molecule has 1 fully saturated rings. The Kier molecular flexibility index (Phi) is 9.12. The lowest BCUT2D eigenvalue weighted by Crippen LogP contribution is -2.39. The monoisotopic (exact) mass is 617 g/mol. The van der Waals surface area contributed by atoms with E-state index in [1.165, 1.54) is 12.1 Å².